The minimum Gasteiger partial charge on any atom is -0.423 e. The lowest BCUT2D eigenvalue weighted by molar-refractivity contribution is -0.130. The highest BCUT2D eigenvalue weighted by Crippen LogP contribution is 2.17. The minimum absolute atomic E-state index is 0.252. The molecule has 0 aliphatic rings. The van der Waals surface area contributed by atoms with E-state index in [9.17, 15) is 38.4 Å². The lowest BCUT2D eigenvalue weighted by Crippen LogP contribution is -2.09. The summed E-state index contributed by atoms with van der Waals surface area (Å²) in [6.07, 6.45) is 4.84. The molecule has 12 nitrogen and oxygen atoms in total. The fourth-order valence-corrected chi connectivity index (χ4v) is 3.26. The summed E-state index contributed by atoms with van der Waals surface area (Å²) in [7, 11) is 0. The monoisotopic (exact) mass is 732 g/mol. The highest BCUT2D eigenvalue weighted by Gasteiger charge is 2.09. The third kappa shape index (κ3) is 16.9. The zero-order chi connectivity index (χ0) is 40.5. The molecule has 4 aromatic rings. The SMILES string of the molecule is C=C(C)C(=O)Oc1ccc(C=O)cc1.C=C(C)C(=O)Oc1ccccc1C=O.C=CC(=O)Oc1ccc(C=O)cc1.C=CC(=O)Oc1ccccc1C=O. The number of aldehydes is 4. The third-order valence-corrected chi connectivity index (χ3v) is 6.00. The molecule has 12 heteroatoms. The number of carbonyl (C=O) groups is 8. The molecule has 4 rings (SSSR count). The average molecular weight is 733 g/mol. The van der Waals surface area contributed by atoms with Crippen LogP contribution >= 0.6 is 0 Å². The highest BCUT2D eigenvalue weighted by molar-refractivity contribution is 5.91. The van der Waals surface area contributed by atoms with E-state index in [1.165, 1.54) is 0 Å². The van der Waals surface area contributed by atoms with Crippen LogP contribution in [0.2, 0.25) is 0 Å². The molecule has 0 amide bonds. The van der Waals surface area contributed by atoms with E-state index < -0.39 is 23.9 Å². The van der Waals surface area contributed by atoms with E-state index >= 15 is 0 Å². The van der Waals surface area contributed by atoms with Gasteiger partial charge < -0.3 is 18.9 Å². The fourth-order valence-electron chi connectivity index (χ4n) is 3.26. The van der Waals surface area contributed by atoms with Gasteiger partial charge in [-0.3, -0.25) is 19.2 Å². The number of rotatable bonds is 12. The molecule has 0 saturated heterocycles. The van der Waals surface area contributed by atoms with E-state index in [0.29, 0.717) is 57.5 Å². The molecule has 0 radical (unpaired) electrons. The summed E-state index contributed by atoms with van der Waals surface area (Å²) >= 11 is 0. The minimum atomic E-state index is -0.575. The summed E-state index contributed by atoms with van der Waals surface area (Å²) in [6.45, 7) is 16.5. The second-order valence-corrected chi connectivity index (χ2v) is 10.3. The first-order chi connectivity index (χ1) is 25.8. The zero-order valence-electron chi connectivity index (χ0n) is 29.4. The van der Waals surface area contributed by atoms with Gasteiger partial charge in [0.15, 0.2) is 12.6 Å². The molecule has 0 bridgehead atoms. The van der Waals surface area contributed by atoms with Crippen molar-refractivity contribution in [2.45, 2.75) is 13.8 Å². The first kappa shape index (κ1) is 44.4. The van der Waals surface area contributed by atoms with Gasteiger partial charge in [0.05, 0.1) is 11.1 Å². The standard InChI is InChI=1S/2C11H10O3.2C10H8O3/c1-8(2)11(13)14-10-5-3-9(7-12)4-6-10;1-8(2)11(13)14-10-6-4-3-5-9(10)7-12;1-2-10(12)13-9-5-3-8(7-11)4-6-9;1-2-10(12)13-9-6-4-3-5-8(9)7-11/h2*3-7H,1H2,2H3;2*2-7H,1H2. The van der Waals surface area contributed by atoms with Crippen LogP contribution in [-0.2, 0) is 19.2 Å². The molecule has 0 aromatic heterocycles. The van der Waals surface area contributed by atoms with Crippen molar-refractivity contribution >= 4 is 49.0 Å². The summed E-state index contributed by atoms with van der Waals surface area (Å²) in [4.78, 5) is 85.4. The number of hydrogen-bond acceptors (Lipinski definition) is 12. The molecule has 0 aliphatic heterocycles. The van der Waals surface area contributed by atoms with Crippen molar-refractivity contribution in [2.75, 3.05) is 0 Å². The van der Waals surface area contributed by atoms with Gasteiger partial charge in [0.25, 0.3) is 0 Å². The molecule has 0 N–H and O–H groups in total. The van der Waals surface area contributed by atoms with Gasteiger partial charge in [0.1, 0.15) is 35.6 Å². The maximum absolute atomic E-state index is 11.1. The largest absolute Gasteiger partial charge is 0.423 e. The van der Waals surface area contributed by atoms with Gasteiger partial charge in [0.2, 0.25) is 0 Å². The summed E-state index contributed by atoms with van der Waals surface area (Å²) < 4.78 is 19.4. The lowest BCUT2D eigenvalue weighted by atomic mass is 10.2. The quantitative estimate of drug-likeness (QED) is 0.0624. The summed E-state index contributed by atoms with van der Waals surface area (Å²) in [6, 6.07) is 25.5. The summed E-state index contributed by atoms with van der Waals surface area (Å²) in [5.41, 5.74) is 2.41. The number of esters is 4. The van der Waals surface area contributed by atoms with Crippen LogP contribution in [0.25, 0.3) is 0 Å². The Hall–Kier alpha value is -7.60. The van der Waals surface area contributed by atoms with Crippen LogP contribution in [0.5, 0.6) is 23.0 Å². The van der Waals surface area contributed by atoms with Gasteiger partial charge in [0, 0.05) is 34.4 Å². The number of hydrogen-bond donors (Lipinski definition) is 0. The predicted molar refractivity (Wildman–Crippen MR) is 200 cm³/mol. The first-order valence-corrected chi connectivity index (χ1v) is 15.4. The smallest absolute Gasteiger partial charge is 0.338 e. The molecular formula is C42H36O12. The van der Waals surface area contributed by atoms with Crippen LogP contribution in [0.1, 0.15) is 55.3 Å². The van der Waals surface area contributed by atoms with Crippen molar-refractivity contribution in [3.05, 3.63) is 169 Å². The Morgan fingerprint density at radius 2 is 0.815 bits per heavy atom. The van der Waals surface area contributed by atoms with Crippen molar-refractivity contribution in [1.29, 1.82) is 0 Å². The third-order valence-electron chi connectivity index (χ3n) is 6.00. The van der Waals surface area contributed by atoms with Gasteiger partial charge in [-0.2, -0.15) is 0 Å². The maximum atomic E-state index is 11.1. The summed E-state index contributed by atoms with van der Waals surface area (Å²) in [5.74, 6) is -0.770. The van der Waals surface area contributed by atoms with Gasteiger partial charge in [-0.05, 0) is 86.6 Å². The molecule has 276 valence electrons. The Morgan fingerprint density at radius 1 is 0.463 bits per heavy atom. The van der Waals surface area contributed by atoms with Crippen molar-refractivity contribution in [1.82, 2.24) is 0 Å². The molecular weight excluding hydrogens is 696 g/mol. The Morgan fingerprint density at radius 3 is 1.19 bits per heavy atom. The van der Waals surface area contributed by atoms with Crippen LogP contribution in [0.4, 0.5) is 0 Å². The Balaban J connectivity index is 0.000000360. The second kappa shape index (κ2) is 24.5. The Bertz CT molecular complexity index is 1990. The molecule has 54 heavy (non-hydrogen) atoms. The van der Waals surface area contributed by atoms with Crippen LogP contribution in [-0.4, -0.2) is 49.0 Å². The van der Waals surface area contributed by atoms with Gasteiger partial charge in [-0.1, -0.05) is 50.6 Å². The van der Waals surface area contributed by atoms with Gasteiger partial charge in [-0.25, -0.2) is 19.2 Å². The average Bonchev–Trinajstić information content (AvgIpc) is 3.19. The first-order valence-electron chi connectivity index (χ1n) is 15.4. The normalized spacial score (nSPS) is 9.07. The number of benzene rings is 4. The van der Waals surface area contributed by atoms with E-state index in [0.717, 1.165) is 24.7 Å². The van der Waals surface area contributed by atoms with Crippen LogP contribution in [0.3, 0.4) is 0 Å². The van der Waals surface area contributed by atoms with E-state index in [4.69, 9.17) is 18.9 Å². The van der Waals surface area contributed by atoms with E-state index in [1.807, 2.05) is 0 Å². The van der Waals surface area contributed by atoms with Crippen molar-refractivity contribution in [3.63, 3.8) is 0 Å². The van der Waals surface area contributed by atoms with Crippen molar-refractivity contribution in [2.24, 2.45) is 0 Å². The molecule has 0 heterocycles. The second-order valence-electron chi connectivity index (χ2n) is 10.3. The lowest BCUT2D eigenvalue weighted by Gasteiger charge is -2.04. The Labute approximate surface area is 311 Å². The van der Waals surface area contributed by atoms with E-state index in [1.54, 1.807) is 111 Å². The topological polar surface area (TPSA) is 173 Å². The van der Waals surface area contributed by atoms with E-state index in [2.05, 4.69) is 26.3 Å². The number of ether oxygens (including phenoxy) is 4. The van der Waals surface area contributed by atoms with Gasteiger partial charge in [-0.15, -0.1) is 0 Å². The van der Waals surface area contributed by atoms with Crippen molar-refractivity contribution in [3.8, 4) is 23.0 Å². The molecule has 0 saturated carbocycles. The molecule has 4 aromatic carbocycles. The number of carbonyl (C=O) groups excluding carboxylic acids is 8. The molecule has 0 fully saturated rings. The van der Waals surface area contributed by atoms with Crippen LogP contribution < -0.4 is 18.9 Å². The van der Waals surface area contributed by atoms with Gasteiger partial charge >= 0.3 is 23.9 Å². The Kier molecular flexibility index (Phi) is 20.2. The summed E-state index contributed by atoms with van der Waals surface area (Å²) in [5, 5.41) is 0. The van der Waals surface area contributed by atoms with Crippen LogP contribution in [0.15, 0.2) is 147 Å². The molecule has 0 spiro atoms. The van der Waals surface area contributed by atoms with Crippen LogP contribution in [0, 0.1) is 0 Å². The molecule has 0 unspecified atom stereocenters. The highest BCUT2D eigenvalue weighted by atomic mass is 16.5. The molecule has 0 aliphatic carbocycles. The maximum Gasteiger partial charge on any atom is 0.338 e. The number of para-hydroxylation sites is 2. The van der Waals surface area contributed by atoms with Crippen molar-refractivity contribution < 1.29 is 57.3 Å². The van der Waals surface area contributed by atoms with E-state index in [-0.39, 0.29) is 11.5 Å². The predicted octanol–water partition coefficient (Wildman–Crippen LogP) is 7.14. The molecule has 0 atom stereocenters. The fraction of sp³-hybridized carbons (Fsp3) is 0.0476. The zero-order valence-corrected chi connectivity index (χ0v) is 29.4.